The van der Waals surface area contributed by atoms with Crippen molar-refractivity contribution in [2.24, 2.45) is 34.3 Å². The summed E-state index contributed by atoms with van der Waals surface area (Å²) in [5.41, 5.74) is 9.39. The number of carbonyl (C=O) groups is 1. The van der Waals surface area contributed by atoms with Crippen LogP contribution in [0.15, 0.2) is 23.4 Å². The summed E-state index contributed by atoms with van der Waals surface area (Å²) in [7, 11) is 0. The van der Waals surface area contributed by atoms with Crippen LogP contribution in [0.3, 0.4) is 0 Å². The van der Waals surface area contributed by atoms with E-state index in [0.29, 0.717) is 23.2 Å². The van der Waals surface area contributed by atoms with E-state index < -0.39 is 0 Å². The predicted molar refractivity (Wildman–Crippen MR) is 90.3 cm³/mol. The molecule has 0 amide bonds. The number of ether oxygens (including phenoxy) is 1. The second kappa shape index (κ2) is 5.12. The highest BCUT2D eigenvalue weighted by Gasteiger charge is 2.57. The van der Waals surface area contributed by atoms with Gasteiger partial charge in [-0.05, 0) is 67.1 Å². The van der Waals surface area contributed by atoms with E-state index in [1.165, 1.54) is 19.3 Å². The van der Waals surface area contributed by atoms with Crippen molar-refractivity contribution < 1.29 is 9.53 Å². The molecule has 126 valence electrons. The zero-order chi connectivity index (χ0) is 16.2. The first-order valence-electron chi connectivity index (χ1n) is 9.19. The Hall–Kier alpha value is -1.25. The van der Waals surface area contributed by atoms with Gasteiger partial charge in [0.05, 0.1) is 0 Å². The molecule has 4 aliphatic rings. The van der Waals surface area contributed by atoms with Gasteiger partial charge in [-0.3, -0.25) is 4.79 Å². The van der Waals surface area contributed by atoms with Crippen molar-refractivity contribution in [3.8, 4) is 0 Å². The Labute approximate surface area is 139 Å². The predicted octanol–water partition coefficient (Wildman–Crippen LogP) is 3.94. The average Bonchev–Trinajstić information content (AvgIpc) is 2.84. The molecule has 4 aliphatic carbocycles. The second-order valence-corrected chi connectivity index (χ2v) is 8.91. The summed E-state index contributed by atoms with van der Waals surface area (Å²) < 4.78 is 5.36. The Kier molecular flexibility index (Phi) is 3.40. The van der Waals surface area contributed by atoms with E-state index in [4.69, 9.17) is 10.5 Å². The number of carbonyl (C=O) groups excluding carboxylic acids is 1. The fourth-order valence-corrected chi connectivity index (χ4v) is 6.52. The second-order valence-electron chi connectivity index (χ2n) is 8.91. The quantitative estimate of drug-likeness (QED) is 0.620. The maximum absolute atomic E-state index is 10.8. The van der Waals surface area contributed by atoms with Crippen molar-refractivity contribution in [1.29, 1.82) is 0 Å². The van der Waals surface area contributed by atoms with Gasteiger partial charge in [0.15, 0.2) is 0 Å². The molecular weight excluding hydrogens is 286 g/mol. The summed E-state index contributed by atoms with van der Waals surface area (Å²) >= 11 is 0. The molecular formula is C20H29NO2. The van der Waals surface area contributed by atoms with Gasteiger partial charge in [0.2, 0.25) is 0 Å². The Morgan fingerprint density at radius 2 is 2.13 bits per heavy atom. The molecule has 6 atom stereocenters. The van der Waals surface area contributed by atoms with Crippen LogP contribution in [0.1, 0.15) is 58.8 Å². The minimum atomic E-state index is 0.140. The Balaban J connectivity index is 1.63. The molecule has 1 unspecified atom stereocenters. The van der Waals surface area contributed by atoms with Gasteiger partial charge in [0.1, 0.15) is 6.10 Å². The Morgan fingerprint density at radius 3 is 2.91 bits per heavy atom. The highest BCUT2D eigenvalue weighted by Crippen LogP contribution is 2.64. The first-order valence-corrected chi connectivity index (χ1v) is 9.19. The molecule has 0 saturated heterocycles. The van der Waals surface area contributed by atoms with Gasteiger partial charge < -0.3 is 10.5 Å². The summed E-state index contributed by atoms with van der Waals surface area (Å²) in [6.45, 7) is 5.55. The normalized spacial score (nSPS) is 48.4. The molecule has 0 aromatic heterocycles. The lowest BCUT2D eigenvalue weighted by molar-refractivity contribution is -0.133. The standard InChI is InChI=1S/C20H29NO2/c1-19-7-6-17-16(18(19)10-15(11-19)23-12-22)4-3-13-9-14(21)5-8-20(13,17)2/h3,5,12,15-18H,4,6-11,21H2,1-2H3/t15?,16-,17-,18+,19-,20+/m1/s1. The molecule has 2 saturated carbocycles. The highest BCUT2D eigenvalue weighted by atomic mass is 16.5. The third-order valence-corrected chi connectivity index (χ3v) is 7.79. The van der Waals surface area contributed by atoms with Crippen LogP contribution in [0, 0.1) is 28.6 Å². The van der Waals surface area contributed by atoms with Crippen molar-refractivity contribution >= 4 is 6.47 Å². The topological polar surface area (TPSA) is 52.3 Å². The number of nitrogens with two attached hydrogens (primary N) is 1. The smallest absolute Gasteiger partial charge is 0.293 e. The fourth-order valence-electron chi connectivity index (χ4n) is 6.52. The van der Waals surface area contributed by atoms with Gasteiger partial charge in [-0.15, -0.1) is 0 Å². The van der Waals surface area contributed by atoms with Crippen LogP contribution in [0.4, 0.5) is 0 Å². The molecule has 23 heavy (non-hydrogen) atoms. The van der Waals surface area contributed by atoms with Crippen LogP contribution in [0.25, 0.3) is 0 Å². The summed E-state index contributed by atoms with van der Waals surface area (Å²) in [5.74, 6) is 2.21. The minimum Gasteiger partial charge on any atom is -0.465 e. The maximum atomic E-state index is 10.8. The minimum absolute atomic E-state index is 0.140. The zero-order valence-corrected chi connectivity index (χ0v) is 14.4. The third-order valence-electron chi connectivity index (χ3n) is 7.79. The highest BCUT2D eigenvalue weighted by molar-refractivity contribution is 5.38. The maximum Gasteiger partial charge on any atom is 0.293 e. The van der Waals surface area contributed by atoms with Gasteiger partial charge in [-0.1, -0.05) is 31.6 Å². The zero-order valence-electron chi connectivity index (χ0n) is 14.4. The molecule has 4 rings (SSSR count). The van der Waals surface area contributed by atoms with Crippen LogP contribution in [-0.2, 0) is 9.53 Å². The lowest BCUT2D eigenvalue weighted by Crippen LogP contribution is -2.48. The fraction of sp³-hybridized carbons (Fsp3) is 0.750. The number of hydrogen-bond donors (Lipinski definition) is 1. The van der Waals surface area contributed by atoms with Crippen molar-refractivity contribution in [3.05, 3.63) is 23.4 Å². The summed E-state index contributed by atoms with van der Waals surface area (Å²) in [5, 5.41) is 0. The molecule has 0 spiro atoms. The summed E-state index contributed by atoms with van der Waals surface area (Å²) in [6, 6.07) is 0. The molecule has 2 N–H and O–H groups in total. The van der Waals surface area contributed by atoms with Crippen molar-refractivity contribution in [1.82, 2.24) is 0 Å². The first-order chi connectivity index (χ1) is 11.0. The number of hydrogen-bond acceptors (Lipinski definition) is 3. The van der Waals surface area contributed by atoms with Gasteiger partial charge >= 0.3 is 0 Å². The molecule has 0 radical (unpaired) electrons. The summed E-state index contributed by atoms with van der Waals surface area (Å²) in [4.78, 5) is 10.8. The van der Waals surface area contributed by atoms with Crippen LogP contribution in [0.5, 0.6) is 0 Å². The molecule has 0 heterocycles. The van der Waals surface area contributed by atoms with Gasteiger partial charge in [-0.25, -0.2) is 0 Å². The van der Waals surface area contributed by atoms with Crippen LogP contribution >= 0.6 is 0 Å². The lowest BCUT2D eigenvalue weighted by atomic mass is 9.49. The Bertz CT molecular complexity index is 580. The van der Waals surface area contributed by atoms with Crippen molar-refractivity contribution in [2.75, 3.05) is 0 Å². The van der Waals surface area contributed by atoms with E-state index in [-0.39, 0.29) is 6.10 Å². The largest absolute Gasteiger partial charge is 0.465 e. The van der Waals surface area contributed by atoms with Gasteiger partial charge in [0, 0.05) is 12.1 Å². The van der Waals surface area contributed by atoms with E-state index in [2.05, 4.69) is 26.0 Å². The first kappa shape index (κ1) is 15.3. The number of rotatable bonds is 2. The average molecular weight is 315 g/mol. The molecule has 3 heteroatoms. The Morgan fingerprint density at radius 1 is 1.30 bits per heavy atom. The monoisotopic (exact) mass is 315 g/mol. The number of fused-ring (bicyclic) bond motifs is 5. The number of allylic oxidation sites excluding steroid dienone is 3. The molecule has 3 nitrogen and oxygen atoms in total. The van der Waals surface area contributed by atoms with E-state index in [0.717, 1.165) is 43.2 Å². The van der Waals surface area contributed by atoms with Crippen molar-refractivity contribution in [2.45, 2.75) is 64.9 Å². The van der Waals surface area contributed by atoms with Crippen LogP contribution in [-0.4, -0.2) is 12.6 Å². The molecule has 0 aliphatic heterocycles. The lowest BCUT2D eigenvalue weighted by Gasteiger charge is -2.56. The molecule has 2 fully saturated rings. The van der Waals surface area contributed by atoms with E-state index >= 15 is 0 Å². The molecule has 0 aromatic rings. The molecule has 0 bridgehead atoms. The molecule has 0 aromatic carbocycles. The van der Waals surface area contributed by atoms with E-state index in [1.54, 1.807) is 5.57 Å². The van der Waals surface area contributed by atoms with Gasteiger partial charge in [-0.2, -0.15) is 0 Å². The SMILES string of the molecule is C[C@]12CC[C@@H]3[C@@H](CC=C4CC(N)=CC[C@@]43C)[C@@H]1CC(OC=O)C2. The van der Waals surface area contributed by atoms with E-state index in [9.17, 15) is 4.79 Å². The van der Waals surface area contributed by atoms with Crippen molar-refractivity contribution in [3.63, 3.8) is 0 Å². The van der Waals surface area contributed by atoms with Crippen LogP contribution in [0.2, 0.25) is 0 Å². The van der Waals surface area contributed by atoms with E-state index in [1.807, 2.05) is 0 Å². The van der Waals surface area contributed by atoms with Gasteiger partial charge in [0.25, 0.3) is 6.47 Å². The third kappa shape index (κ3) is 2.19. The summed E-state index contributed by atoms with van der Waals surface area (Å²) in [6.07, 6.45) is 12.9. The van der Waals surface area contributed by atoms with Crippen LogP contribution < -0.4 is 5.73 Å².